The van der Waals surface area contributed by atoms with Gasteiger partial charge in [-0.2, -0.15) is 5.10 Å². The summed E-state index contributed by atoms with van der Waals surface area (Å²) in [7, 11) is 0. The van der Waals surface area contributed by atoms with E-state index in [0.29, 0.717) is 13.1 Å². The molecule has 0 spiro atoms. The third-order valence-electron chi connectivity index (χ3n) is 5.05. The number of amides is 1. The minimum atomic E-state index is -0.00501. The molecule has 0 saturated carbocycles. The minimum Gasteiger partial charge on any atom is -0.350 e. The maximum atomic E-state index is 12.5. The molecule has 1 amide bonds. The molecule has 6 heteroatoms. The number of imidazole rings is 1. The molecule has 0 fully saturated rings. The van der Waals surface area contributed by atoms with Crippen molar-refractivity contribution in [2.24, 2.45) is 5.92 Å². The van der Waals surface area contributed by atoms with Crippen LogP contribution in [-0.2, 0) is 24.3 Å². The predicted octanol–water partition coefficient (Wildman–Crippen LogP) is 2.56. The first-order valence-electron chi connectivity index (χ1n) is 9.00. The Morgan fingerprint density at radius 1 is 1.23 bits per heavy atom. The Morgan fingerprint density at radius 2 is 2.04 bits per heavy atom. The van der Waals surface area contributed by atoms with Crippen molar-refractivity contribution in [1.29, 1.82) is 0 Å². The number of carbonyl (C=O) groups is 1. The average molecular weight is 349 g/mol. The van der Waals surface area contributed by atoms with E-state index in [1.807, 2.05) is 42.2 Å². The number of carbonyl (C=O) groups excluding carboxylic acids is 1. The Hall–Kier alpha value is -2.89. The van der Waals surface area contributed by atoms with Gasteiger partial charge in [0, 0.05) is 24.6 Å². The summed E-state index contributed by atoms with van der Waals surface area (Å²) in [6, 6.07) is 10.1. The molecule has 0 radical (unpaired) electrons. The van der Waals surface area contributed by atoms with Gasteiger partial charge >= 0.3 is 0 Å². The number of rotatable bonds is 4. The molecule has 1 unspecified atom stereocenters. The summed E-state index contributed by atoms with van der Waals surface area (Å²) in [6.07, 6.45) is 5.62. The number of hydrogen-bond acceptors (Lipinski definition) is 3. The molecule has 1 aliphatic rings. The Morgan fingerprint density at radius 3 is 2.85 bits per heavy atom. The third-order valence-corrected chi connectivity index (χ3v) is 5.05. The number of fused-ring (bicyclic) bond motifs is 1. The summed E-state index contributed by atoms with van der Waals surface area (Å²) >= 11 is 0. The lowest BCUT2D eigenvalue weighted by Crippen LogP contribution is -2.36. The fourth-order valence-corrected chi connectivity index (χ4v) is 3.43. The highest BCUT2D eigenvalue weighted by atomic mass is 16.1. The number of nitrogens with zero attached hydrogens (tertiary/aromatic N) is 4. The highest BCUT2D eigenvalue weighted by molar-refractivity contribution is 5.78. The molecule has 1 aromatic carbocycles. The number of benzene rings is 1. The number of aryl methyl sites for hydroxylation is 3. The topological polar surface area (TPSA) is 64.7 Å². The van der Waals surface area contributed by atoms with Gasteiger partial charge in [-0.25, -0.2) is 9.67 Å². The third kappa shape index (κ3) is 3.27. The van der Waals surface area contributed by atoms with E-state index in [0.717, 1.165) is 30.0 Å². The molecule has 0 saturated heterocycles. The summed E-state index contributed by atoms with van der Waals surface area (Å²) in [6.45, 7) is 5.21. The van der Waals surface area contributed by atoms with Gasteiger partial charge in [-0.1, -0.05) is 17.7 Å². The zero-order chi connectivity index (χ0) is 18.1. The van der Waals surface area contributed by atoms with Crippen molar-refractivity contribution in [3.8, 4) is 5.69 Å². The predicted molar refractivity (Wildman–Crippen MR) is 98.9 cm³/mol. The van der Waals surface area contributed by atoms with Crippen molar-refractivity contribution in [1.82, 2.24) is 24.6 Å². The summed E-state index contributed by atoms with van der Waals surface area (Å²) in [5.74, 6) is 1.07. The second-order valence-corrected chi connectivity index (χ2v) is 6.95. The molecular weight excluding hydrogens is 326 g/mol. The molecule has 1 atom stereocenters. The van der Waals surface area contributed by atoms with Crippen LogP contribution in [-0.4, -0.2) is 25.2 Å². The largest absolute Gasteiger partial charge is 0.350 e. The van der Waals surface area contributed by atoms with Gasteiger partial charge in [-0.05, 0) is 44.9 Å². The summed E-state index contributed by atoms with van der Waals surface area (Å²) < 4.78 is 3.99. The second kappa shape index (κ2) is 6.78. The summed E-state index contributed by atoms with van der Waals surface area (Å²) in [4.78, 5) is 16.9. The van der Waals surface area contributed by atoms with Crippen molar-refractivity contribution < 1.29 is 4.79 Å². The first-order valence-corrected chi connectivity index (χ1v) is 9.00. The normalized spacial score (nSPS) is 16.3. The molecule has 6 nitrogen and oxygen atoms in total. The molecule has 3 heterocycles. The Balaban J connectivity index is 1.36. The van der Waals surface area contributed by atoms with Gasteiger partial charge in [0.1, 0.15) is 5.82 Å². The molecule has 1 aliphatic heterocycles. The second-order valence-electron chi connectivity index (χ2n) is 6.95. The van der Waals surface area contributed by atoms with Crippen molar-refractivity contribution in [3.63, 3.8) is 0 Å². The summed E-state index contributed by atoms with van der Waals surface area (Å²) in [5.41, 5.74) is 4.32. The van der Waals surface area contributed by atoms with Crippen LogP contribution < -0.4 is 5.32 Å². The van der Waals surface area contributed by atoms with Crippen LogP contribution in [0.1, 0.15) is 29.2 Å². The van der Waals surface area contributed by atoms with Crippen molar-refractivity contribution in [2.45, 2.75) is 39.8 Å². The van der Waals surface area contributed by atoms with Crippen LogP contribution in [0.5, 0.6) is 0 Å². The van der Waals surface area contributed by atoms with E-state index in [9.17, 15) is 4.79 Å². The van der Waals surface area contributed by atoms with E-state index in [-0.39, 0.29) is 11.8 Å². The monoisotopic (exact) mass is 349 g/mol. The van der Waals surface area contributed by atoms with Crippen LogP contribution in [0.2, 0.25) is 0 Å². The first kappa shape index (κ1) is 16.6. The summed E-state index contributed by atoms with van der Waals surface area (Å²) in [5, 5.41) is 7.59. The van der Waals surface area contributed by atoms with Crippen LogP contribution in [0.15, 0.2) is 42.7 Å². The van der Waals surface area contributed by atoms with Gasteiger partial charge in [0.15, 0.2) is 0 Å². The minimum absolute atomic E-state index is 0.00501. The van der Waals surface area contributed by atoms with Gasteiger partial charge in [-0.15, -0.1) is 0 Å². The smallest absolute Gasteiger partial charge is 0.225 e. The van der Waals surface area contributed by atoms with E-state index in [4.69, 9.17) is 0 Å². The lowest BCUT2D eigenvalue weighted by Gasteiger charge is -2.24. The van der Waals surface area contributed by atoms with Gasteiger partial charge in [0.05, 0.1) is 23.8 Å². The number of hydrogen-bond donors (Lipinski definition) is 1. The van der Waals surface area contributed by atoms with Crippen LogP contribution in [0, 0.1) is 19.8 Å². The molecule has 0 bridgehead atoms. The Kier molecular flexibility index (Phi) is 4.32. The van der Waals surface area contributed by atoms with E-state index in [1.165, 1.54) is 11.3 Å². The Labute approximate surface area is 152 Å². The highest BCUT2D eigenvalue weighted by Crippen LogP contribution is 2.21. The van der Waals surface area contributed by atoms with Crippen LogP contribution in [0.3, 0.4) is 0 Å². The first-order chi connectivity index (χ1) is 12.6. The van der Waals surface area contributed by atoms with Crippen LogP contribution >= 0.6 is 0 Å². The number of nitrogens with one attached hydrogen (secondary N) is 1. The number of aromatic nitrogens is 4. The standard InChI is InChI=1S/C20H23N5O/c1-14-3-6-18(7-4-14)25-10-9-17(23-25)11-22-20(26)16-5-8-19-12-21-15(2)24(19)13-16/h3-4,6-7,9-10,12,16H,5,8,11,13H2,1-2H3,(H,22,26). The average Bonchev–Trinajstić information content (AvgIpc) is 3.27. The van der Waals surface area contributed by atoms with E-state index in [2.05, 4.69) is 39.0 Å². The molecule has 4 rings (SSSR count). The molecule has 1 N–H and O–H groups in total. The van der Waals surface area contributed by atoms with Gasteiger partial charge in [-0.3, -0.25) is 4.79 Å². The molecule has 26 heavy (non-hydrogen) atoms. The van der Waals surface area contributed by atoms with Gasteiger partial charge in [0.25, 0.3) is 0 Å². The van der Waals surface area contributed by atoms with Crippen LogP contribution in [0.25, 0.3) is 5.69 Å². The molecular formula is C20H23N5O. The molecule has 3 aromatic rings. The molecule has 0 aliphatic carbocycles. The van der Waals surface area contributed by atoms with Crippen molar-refractivity contribution in [2.75, 3.05) is 0 Å². The SMILES string of the molecule is Cc1ccc(-n2ccc(CNC(=O)C3CCc4cnc(C)n4C3)n2)cc1. The van der Waals surface area contributed by atoms with Crippen LogP contribution in [0.4, 0.5) is 0 Å². The lowest BCUT2D eigenvalue weighted by atomic mass is 9.97. The zero-order valence-electron chi connectivity index (χ0n) is 15.1. The van der Waals surface area contributed by atoms with E-state index in [1.54, 1.807) is 0 Å². The van der Waals surface area contributed by atoms with Gasteiger partial charge in [0.2, 0.25) is 5.91 Å². The molecule has 134 valence electrons. The van der Waals surface area contributed by atoms with E-state index < -0.39 is 0 Å². The fraction of sp³-hybridized carbons (Fsp3) is 0.350. The Bertz CT molecular complexity index is 922. The quantitative estimate of drug-likeness (QED) is 0.787. The highest BCUT2D eigenvalue weighted by Gasteiger charge is 2.25. The maximum absolute atomic E-state index is 12.5. The van der Waals surface area contributed by atoms with Gasteiger partial charge < -0.3 is 9.88 Å². The van der Waals surface area contributed by atoms with Crippen molar-refractivity contribution >= 4 is 5.91 Å². The van der Waals surface area contributed by atoms with E-state index >= 15 is 0 Å². The zero-order valence-corrected chi connectivity index (χ0v) is 15.1. The lowest BCUT2D eigenvalue weighted by molar-refractivity contribution is -0.126. The van der Waals surface area contributed by atoms with Crippen molar-refractivity contribution in [3.05, 3.63) is 65.5 Å². The maximum Gasteiger partial charge on any atom is 0.225 e. The fourth-order valence-electron chi connectivity index (χ4n) is 3.43. The molecule has 2 aromatic heterocycles.